The number of ether oxygens (including phenoxy) is 2. The van der Waals surface area contributed by atoms with Crippen LogP contribution in [0.4, 0.5) is 0 Å². The molecule has 2 fully saturated rings. The third kappa shape index (κ3) is 4.45. The number of nitrogens with zero attached hydrogens (tertiary/aromatic N) is 1. The number of benzene rings is 2. The Hall–Kier alpha value is -2.46. The zero-order valence-electron chi connectivity index (χ0n) is 19.9. The molecule has 0 aliphatic carbocycles. The fraction of sp³-hybridized carbons (Fsp3) is 0.480. The number of carbonyl (C=O) groups excluding carboxylic acids is 1. The maximum atomic E-state index is 14.3. The van der Waals surface area contributed by atoms with Crippen molar-refractivity contribution in [2.24, 2.45) is 0 Å². The smallest absolute Gasteiger partial charge is 0.256 e. The summed E-state index contributed by atoms with van der Waals surface area (Å²) in [5, 5.41) is 5.09. The first kappa shape index (κ1) is 24.7. The fourth-order valence-corrected chi connectivity index (χ4v) is 7.46. The van der Waals surface area contributed by atoms with Gasteiger partial charge in [0.05, 0.1) is 24.8 Å². The Morgan fingerprint density at radius 3 is 2.35 bits per heavy atom. The molecule has 2 aromatic rings. The first-order valence-corrected chi connectivity index (χ1v) is 13.0. The fourth-order valence-electron chi connectivity index (χ4n) is 5.04. The van der Waals surface area contributed by atoms with E-state index in [1.165, 1.54) is 11.4 Å². The number of para-hydroxylation sites is 1. The van der Waals surface area contributed by atoms with E-state index in [2.05, 4.69) is 10.6 Å². The minimum atomic E-state index is -4.03. The highest BCUT2D eigenvalue weighted by atomic mass is 32.2. The molecule has 1 unspecified atom stereocenters. The van der Waals surface area contributed by atoms with Crippen molar-refractivity contribution >= 4 is 15.9 Å². The van der Waals surface area contributed by atoms with E-state index in [0.29, 0.717) is 43.9 Å². The average Bonchev–Trinajstić information content (AvgIpc) is 3.23. The number of carbonyl (C=O) groups is 1. The second-order valence-electron chi connectivity index (χ2n) is 9.51. The molecular formula is C25H33N3O5S. The lowest BCUT2D eigenvalue weighted by molar-refractivity contribution is 0.0917. The average molecular weight is 488 g/mol. The van der Waals surface area contributed by atoms with E-state index in [0.717, 1.165) is 5.56 Å². The Bertz CT molecular complexity index is 1110. The molecule has 2 saturated heterocycles. The van der Waals surface area contributed by atoms with Gasteiger partial charge in [-0.15, -0.1) is 0 Å². The van der Waals surface area contributed by atoms with Crippen LogP contribution in [0.25, 0.3) is 0 Å². The molecule has 1 amide bonds. The van der Waals surface area contributed by atoms with Gasteiger partial charge in [-0.05, 0) is 57.5 Å². The van der Waals surface area contributed by atoms with Crippen molar-refractivity contribution in [2.75, 3.05) is 33.5 Å². The second-order valence-corrected chi connectivity index (χ2v) is 11.5. The molecule has 2 heterocycles. The minimum Gasteiger partial charge on any atom is -0.496 e. The van der Waals surface area contributed by atoms with Crippen LogP contribution in [0.2, 0.25) is 0 Å². The van der Waals surface area contributed by atoms with Gasteiger partial charge in [-0.3, -0.25) is 4.79 Å². The number of methoxy groups -OCH3 is 1. The van der Waals surface area contributed by atoms with Crippen LogP contribution >= 0.6 is 0 Å². The summed E-state index contributed by atoms with van der Waals surface area (Å²) in [7, 11) is -2.54. The highest BCUT2D eigenvalue weighted by molar-refractivity contribution is 7.89. The number of rotatable bonds is 7. The first-order chi connectivity index (χ1) is 16.2. The van der Waals surface area contributed by atoms with Gasteiger partial charge in [-0.2, -0.15) is 4.31 Å². The molecule has 2 aliphatic heterocycles. The molecule has 0 radical (unpaired) electrons. The number of hydrogen-bond acceptors (Lipinski definition) is 6. The highest BCUT2D eigenvalue weighted by Crippen LogP contribution is 2.42. The molecule has 0 aromatic heterocycles. The molecular weight excluding hydrogens is 454 g/mol. The van der Waals surface area contributed by atoms with Crippen LogP contribution < -0.4 is 15.4 Å². The summed E-state index contributed by atoms with van der Waals surface area (Å²) < 4.78 is 41.0. The standard InChI is InChI=1S/C25H33N3O5S/c1-24(2)17-33-18-28(24)34(30,31)23(27-22(29)20-11-7-8-12-21(20)32-3)25(13-15-26-16-14-25)19-9-5-4-6-10-19/h4-12,23,26H,13-18H2,1-3H3,(H,27,29). The van der Waals surface area contributed by atoms with Gasteiger partial charge in [0, 0.05) is 5.41 Å². The summed E-state index contributed by atoms with van der Waals surface area (Å²) in [5.41, 5.74) is -0.360. The molecule has 2 N–H and O–H groups in total. The molecule has 184 valence electrons. The van der Waals surface area contributed by atoms with E-state index in [4.69, 9.17) is 9.47 Å². The van der Waals surface area contributed by atoms with Gasteiger partial charge in [0.2, 0.25) is 10.0 Å². The van der Waals surface area contributed by atoms with Crippen LogP contribution in [0.1, 0.15) is 42.6 Å². The van der Waals surface area contributed by atoms with Gasteiger partial charge in [0.25, 0.3) is 5.91 Å². The molecule has 1 atom stereocenters. The molecule has 4 rings (SSSR count). The maximum Gasteiger partial charge on any atom is 0.256 e. The molecule has 2 aliphatic rings. The topological polar surface area (TPSA) is 97.0 Å². The van der Waals surface area contributed by atoms with Crippen LogP contribution in [0.15, 0.2) is 54.6 Å². The van der Waals surface area contributed by atoms with Crippen molar-refractivity contribution in [3.8, 4) is 5.75 Å². The van der Waals surface area contributed by atoms with E-state index >= 15 is 0 Å². The van der Waals surface area contributed by atoms with Gasteiger partial charge in [0.1, 0.15) is 12.5 Å². The van der Waals surface area contributed by atoms with Gasteiger partial charge < -0.3 is 20.1 Å². The van der Waals surface area contributed by atoms with E-state index in [1.54, 1.807) is 24.3 Å². The molecule has 0 bridgehead atoms. The predicted molar refractivity (Wildman–Crippen MR) is 130 cm³/mol. The van der Waals surface area contributed by atoms with E-state index in [-0.39, 0.29) is 6.73 Å². The number of piperidine rings is 1. The summed E-state index contributed by atoms with van der Waals surface area (Å²) in [6.45, 7) is 5.22. The third-order valence-electron chi connectivity index (χ3n) is 6.90. The monoisotopic (exact) mass is 487 g/mol. The molecule has 34 heavy (non-hydrogen) atoms. The summed E-state index contributed by atoms with van der Waals surface area (Å²) in [6.07, 6.45) is 1.12. The van der Waals surface area contributed by atoms with Crippen molar-refractivity contribution in [2.45, 2.75) is 43.0 Å². The van der Waals surface area contributed by atoms with Crippen molar-refractivity contribution in [1.82, 2.24) is 14.9 Å². The van der Waals surface area contributed by atoms with Crippen molar-refractivity contribution in [1.29, 1.82) is 0 Å². The maximum absolute atomic E-state index is 14.3. The van der Waals surface area contributed by atoms with E-state index in [1.807, 2.05) is 44.2 Å². The SMILES string of the molecule is COc1ccccc1C(=O)NC(C1(c2ccccc2)CCNCC1)S(=O)(=O)N1COCC1(C)C. The van der Waals surface area contributed by atoms with Gasteiger partial charge in [0.15, 0.2) is 5.37 Å². The third-order valence-corrected chi connectivity index (χ3v) is 9.28. The van der Waals surface area contributed by atoms with Crippen LogP contribution in [-0.4, -0.2) is 63.1 Å². The zero-order valence-corrected chi connectivity index (χ0v) is 20.7. The van der Waals surface area contributed by atoms with Gasteiger partial charge in [-0.1, -0.05) is 42.5 Å². The van der Waals surface area contributed by atoms with Gasteiger partial charge >= 0.3 is 0 Å². The zero-order chi connectivity index (χ0) is 24.4. The van der Waals surface area contributed by atoms with Crippen molar-refractivity contribution in [3.63, 3.8) is 0 Å². The Kier molecular flexibility index (Phi) is 7.00. The number of hydrogen-bond donors (Lipinski definition) is 2. The van der Waals surface area contributed by atoms with Crippen LogP contribution in [-0.2, 0) is 20.2 Å². The number of sulfonamides is 1. The number of nitrogens with one attached hydrogen (secondary N) is 2. The summed E-state index contributed by atoms with van der Waals surface area (Å²) >= 11 is 0. The van der Waals surface area contributed by atoms with Crippen LogP contribution in [0.5, 0.6) is 5.75 Å². The minimum absolute atomic E-state index is 0.0422. The van der Waals surface area contributed by atoms with Crippen LogP contribution in [0.3, 0.4) is 0 Å². The Balaban J connectivity index is 1.85. The van der Waals surface area contributed by atoms with E-state index in [9.17, 15) is 13.2 Å². The predicted octanol–water partition coefficient (Wildman–Crippen LogP) is 2.47. The Morgan fingerprint density at radius 2 is 1.74 bits per heavy atom. The lowest BCUT2D eigenvalue weighted by atomic mass is 9.72. The summed E-state index contributed by atoms with van der Waals surface area (Å²) in [4.78, 5) is 13.6. The first-order valence-electron chi connectivity index (χ1n) is 11.5. The number of amides is 1. The molecule has 9 heteroatoms. The quantitative estimate of drug-likeness (QED) is 0.623. The Labute approximate surface area is 201 Å². The normalized spacial score (nSPS) is 21.0. The van der Waals surface area contributed by atoms with E-state index < -0.39 is 32.3 Å². The highest BCUT2D eigenvalue weighted by Gasteiger charge is 2.54. The van der Waals surface area contributed by atoms with Crippen LogP contribution in [0, 0.1) is 0 Å². The largest absolute Gasteiger partial charge is 0.496 e. The van der Waals surface area contributed by atoms with Gasteiger partial charge in [-0.25, -0.2) is 8.42 Å². The molecule has 8 nitrogen and oxygen atoms in total. The lowest BCUT2D eigenvalue weighted by Crippen LogP contribution is -2.63. The lowest BCUT2D eigenvalue weighted by Gasteiger charge is -2.46. The Morgan fingerprint density at radius 1 is 1.09 bits per heavy atom. The molecule has 2 aromatic carbocycles. The molecule has 0 spiro atoms. The van der Waals surface area contributed by atoms with Crippen molar-refractivity contribution < 1.29 is 22.7 Å². The summed E-state index contributed by atoms with van der Waals surface area (Å²) in [6, 6.07) is 16.5. The summed E-state index contributed by atoms with van der Waals surface area (Å²) in [5.74, 6) is -0.0992. The molecule has 0 saturated carbocycles. The van der Waals surface area contributed by atoms with Crippen molar-refractivity contribution in [3.05, 3.63) is 65.7 Å². The second kappa shape index (κ2) is 9.65.